The van der Waals surface area contributed by atoms with Gasteiger partial charge in [-0.15, -0.1) is 10.2 Å². The minimum Gasteiger partial charge on any atom is -0.330 e. The molecule has 0 saturated heterocycles. The Morgan fingerprint density at radius 3 is 2.60 bits per heavy atom. The van der Waals surface area contributed by atoms with Gasteiger partial charge in [-0.1, -0.05) is 71.1 Å². The lowest BCUT2D eigenvalue weighted by molar-refractivity contribution is 0.990. The number of nitrogens with one attached hydrogen (secondary N) is 1. The Hall–Kier alpha value is -2.36. The molecule has 1 aromatic heterocycles. The highest BCUT2D eigenvalue weighted by atomic mass is 32.2. The predicted octanol–water partition coefficient (Wildman–Crippen LogP) is 5.13. The zero-order valence-corrected chi connectivity index (χ0v) is 15.7. The molecule has 0 aliphatic carbocycles. The average Bonchev–Trinajstić information content (AvgIpc) is 3.05. The van der Waals surface area contributed by atoms with Crippen LogP contribution in [0, 0.1) is 25.2 Å². The zero-order valence-electron chi connectivity index (χ0n) is 14.1. The van der Waals surface area contributed by atoms with Gasteiger partial charge < -0.3 is 5.32 Å². The smallest absolute Gasteiger partial charge is 0.210 e. The van der Waals surface area contributed by atoms with Crippen molar-refractivity contribution >= 4 is 33.9 Å². The van der Waals surface area contributed by atoms with Crippen molar-refractivity contribution in [3.05, 3.63) is 65.2 Å². The normalized spacial score (nSPS) is 11.7. The summed E-state index contributed by atoms with van der Waals surface area (Å²) in [6, 6.07) is 18.7. The summed E-state index contributed by atoms with van der Waals surface area (Å²) in [4.78, 5) is 0. The van der Waals surface area contributed by atoms with E-state index in [1.165, 1.54) is 28.7 Å². The lowest BCUT2D eigenvalue weighted by Crippen LogP contribution is -2.03. The van der Waals surface area contributed by atoms with E-state index in [-0.39, 0.29) is 5.25 Å². The van der Waals surface area contributed by atoms with Crippen LogP contribution in [-0.4, -0.2) is 15.4 Å². The van der Waals surface area contributed by atoms with Crippen LogP contribution in [0.5, 0.6) is 0 Å². The number of thioether (sulfide) groups is 1. The third kappa shape index (κ3) is 4.81. The molecule has 0 unspecified atom stereocenters. The van der Waals surface area contributed by atoms with Crippen LogP contribution in [-0.2, 0) is 6.42 Å². The van der Waals surface area contributed by atoms with E-state index in [0.29, 0.717) is 6.42 Å². The number of anilines is 2. The molecule has 0 amide bonds. The van der Waals surface area contributed by atoms with E-state index < -0.39 is 0 Å². The van der Waals surface area contributed by atoms with Crippen LogP contribution in [0.1, 0.15) is 16.7 Å². The topological polar surface area (TPSA) is 61.6 Å². The van der Waals surface area contributed by atoms with Gasteiger partial charge >= 0.3 is 0 Å². The van der Waals surface area contributed by atoms with Crippen molar-refractivity contribution in [1.29, 1.82) is 5.26 Å². The number of hydrogen-bond donors (Lipinski definition) is 1. The number of rotatable bonds is 6. The molecule has 3 rings (SSSR count). The van der Waals surface area contributed by atoms with Gasteiger partial charge in [0.05, 0.1) is 6.07 Å². The van der Waals surface area contributed by atoms with Gasteiger partial charge in [-0.3, -0.25) is 0 Å². The van der Waals surface area contributed by atoms with E-state index in [0.717, 1.165) is 26.3 Å². The average molecular weight is 367 g/mol. The quantitative estimate of drug-likeness (QED) is 0.613. The molecule has 126 valence electrons. The molecule has 0 aliphatic rings. The molecule has 3 aromatic rings. The molecule has 0 bridgehead atoms. The van der Waals surface area contributed by atoms with Gasteiger partial charge in [-0.2, -0.15) is 5.26 Å². The third-order valence-corrected chi connectivity index (χ3v) is 5.73. The van der Waals surface area contributed by atoms with Crippen molar-refractivity contribution in [2.45, 2.75) is 29.9 Å². The number of nitrogens with zero attached hydrogens (tertiary/aromatic N) is 3. The number of nitriles is 1. The summed E-state index contributed by atoms with van der Waals surface area (Å²) in [7, 11) is 0. The van der Waals surface area contributed by atoms with Gasteiger partial charge in [-0.25, -0.2) is 0 Å². The third-order valence-electron chi connectivity index (χ3n) is 3.72. The highest BCUT2D eigenvalue weighted by Gasteiger charge is 2.14. The fourth-order valence-electron chi connectivity index (χ4n) is 2.31. The Morgan fingerprint density at radius 2 is 1.88 bits per heavy atom. The van der Waals surface area contributed by atoms with Crippen molar-refractivity contribution in [2.75, 3.05) is 5.32 Å². The predicted molar refractivity (Wildman–Crippen MR) is 105 cm³/mol. The number of para-hydroxylation sites is 1. The van der Waals surface area contributed by atoms with E-state index in [1.54, 1.807) is 0 Å². The van der Waals surface area contributed by atoms with Crippen molar-refractivity contribution in [2.24, 2.45) is 0 Å². The fraction of sp³-hybridized carbons (Fsp3) is 0.211. The standard InChI is InChI=1S/C19H18N4S2/c1-13-7-9-15(10-8-13)11-16(12-20)24-19-23-22-18(25-19)21-17-6-4-3-5-14(17)2/h3-10,16H,11H2,1-2H3,(H,21,22)/t16-/m1/s1. The molecule has 0 radical (unpaired) electrons. The first-order valence-electron chi connectivity index (χ1n) is 7.92. The van der Waals surface area contributed by atoms with E-state index in [1.807, 2.05) is 31.2 Å². The summed E-state index contributed by atoms with van der Waals surface area (Å²) in [6.45, 7) is 4.11. The van der Waals surface area contributed by atoms with E-state index in [2.05, 4.69) is 52.8 Å². The number of hydrogen-bond acceptors (Lipinski definition) is 6. The summed E-state index contributed by atoms with van der Waals surface area (Å²) in [6.07, 6.45) is 0.696. The number of benzene rings is 2. The summed E-state index contributed by atoms with van der Waals surface area (Å²) in [5.74, 6) is 0. The molecule has 0 fully saturated rings. The fourth-order valence-corrected chi connectivity index (χ4v) is 4.24. The molecule has 1 atom stereocenters. The Balaban J connectivity index is 1.64. The van der Waals surface area contributed by atoms with E-state index in [9.17, 15) is 5.26 Å². The van der Waals surface area contributed by atoms with Gasteiger partial charge in [0.15, 0.2) is 4.34 Å². The van der Waals surface area contributed by atoms with Crippen LogP contribution in [0.25, 0.3) is 0 Å². The summed E-state index contributed by atoms with van der Waals surface area (Å²) >= 11 is 2.94. The van der Waals surface area contributed by atoms with Crippen LogP contribution in [0.3, 0.4) is 0 Å². The summed E-state index contributed by atoms with van der Waals surface area (Å²) in [5.41, 5.74) is 4.56. The van der Waals surface area contributed by atoms with Crippen molar-refractivity contribution in [3.8, 4) is 6.07 Å². The molecule has 0 aliphatic heterocycles. The molecular weight excluding hydrogens is 348 g/mol. The van der Waals surface area contributed by atoms with E-state index in [4.69, 9.17) is 0 Å². The van der Waals surface area contributed by atoms with Crippen molar-refractivity contribution in [1.82, 2.24) is 10.2 Å². The molecule has 0 saturated carbocycles. The SMILES string of the molecule is Cc1ccc(C[C@H](C#N)Sc2nnc(Nc3ccccc3C)s2)cc1. The Labute approximate surface area is 155 Å². The maximum absolute atomic E-state index is 9.45. The second-order valence-electron chi connectivity index (χ2n) is 5.74. The van der Waals surface area contributed by atoms with Crippen LogP contribution in [0.4, 0.5) is 10.8 Å². The molecular formula is C19H18N4S2. The number of aryl methyl sites for hydroxylation is 2. The first-order chi connectivity index (χ1) is 12.1. The minimum atomic E-state index is -0.179. The van der Waals surface area contributed by atoms with E-state index >= 15 is 0 Å². The second-order valence-corrected chi connectivity index (χ2v) is 8.17. The minimum absolute atomic E-state index is 0.179. The Kier molecular flexibility index (Phi) is 5.69. The molecule has 6 heteroatoms. The maximum Gasteiger partial charge on any atom is 0.210 e. The van der Waals surface area contributed by atoms with Crippen molar-refractivity contribution in [3.63, 3.8) is 0 Å². The summed E-state index contributed by atoms with van der Waals surface area (Å²) < 4.78 is 0.801. The van der Waals surface area contributed by atoms with Gasteiger partial charge in [-0.05, 0) is 37.5 Å². The molecule has 25 heavy (non-hydrogen) atoms. The monoisotopic (exact) mass is 366 g/mol. The Morgan fingerprint density at radius 1 is 1.12 bits per heavy atom. The van der Waals surface area contributed by atoms with Gasteiger partial charge in [0.1, 0.15) is 5.25 Å². The molecule has 1 N–H and O–H groups in total. The second kappa shape index (κ2) is 8.15. The maximum atomic E-state index is 9.45. The van der Waals surface area contributed by atoms with Gasteiger partial charge in [0, 0.05) is 5.69 Å². The van der Waals surface area contributed by atoms with Crippen LogP contribution < -0.4 is 5.32 Å². The molecule has 2 aromatic carbocycles. The largest absolute Gasteiger partial charge is 0.330 e. The highest BCUT2D eigenvalue weighted by Crippen LogP contribution is 2.32. The van der Waals surface area contributed by atoms with Crippen LogP contribution >= 0.6 is 23.1 Å². The lowest BCUT2D eigenvalue weighted by atomic mass is 10.1. The van der Waals surface area contributed by atoms with Gasteiger partial charge in [0.2, 0.25) is 5.13 Å². The van der Waals surface area contributed by atoms with Crippen LogP contribution in [0.2, 0.25) is 0 Å². The highest BCUT2D eigenvalue weighted by molar-refractivity contribution is 8.01. The zero-order chi connectivity index (χ0) is 17.6. The lowest BCUT2D eigenvalue weighted by Gasteiger charge is -2.07. The van der Waals surface area contributed by atoms with Crippen LogP contribution in [0.15, 0.2) is 52.9 Å². The molecule has 1 heterocycles. The number of aromatic nitrogens is 2. The summed E-state index contributed by atoms with van der Waals surface area (Å²) in [5, 5.41) is 21.7. The first-order valence-corrected chi connectivity index (χ1v) is 9.61. The first kappa shape index (κ1) is 17.5. The molecule has 4 nitrogen and oxygen atoms in total. The van der Waals surface area contributed by atoms with Crippen molar-refractivity contribution < 1.29 is 0 Å². The Bertz CT molecular complexity index is 881. The molecule has 0 spiro atoms. The van der Waals surface area contributed by atoms with Gasteiger partial charge in [0.25, 0.3) is 0 Å².